The summed E-state index contributed by atoms with van der Waals surface area (Å²) < 4.78 is 0. The van der Waals surface area contributed by atoms with E-state index in [0.29, 0.717) is 24.6 Å². The van der Waals surface area contributed by atoms with Crippen LogP contribution >= 0.6 is 12.2 Å². The standard InChI is InChI=1S/C10H21N3OS/c1-5-12(6-2)10(14)13(8(3)4)7-9(11)15/h8H,5-7H2,1-4H3,(H2,11,15). The van der Waals surface area contributed by atoms with Crippen molar-refractivity contribution < 1.29 is 4.79 Å². The van der Waals surface area contributed by atoms with Gasteiger partial charge in [-0.3, -0.25) is 0 Å². The minimum Gasteiger partial charge on any atom is -0.392 e. The van der Waals surface area contributed by atoms with Crippen LogP contribution in [0, 0.1) is 0 Å². The molecule has 0 unspecified atom stereocenters. The molecule has 0 radical (unpaired) electrons. The molecule has 2 amide bonds. The van der Waals surface area contributed by atoms with Crippen molar-refractivity contribution in [2.45, 2.75) is 33.7 Å². The van der Waals surface area contributed by atoms with Gasteiger partial charge in [-0.25, -0.2) is 4.79 Å². The fourth-order valence-electron chi connectivity index (χ4n) is 1.31. The highest BCUT2D eigenvalue weighted by Gasteiger charge is 2.21. The molecule has 2 N–H and O–H groups in total. The normalized spacial score (nSPS) is 10.2. The fraction of sp³-hybridized carbons (Fsp3) is 0.800. The van der Waals surface area contributed by atoms with Crippen LogP contribution in [0.4, 0.5) is 4.79 Å². The zero-order valence-corrected chi connectivity index (χ0v) is 10.8. The molecule has 0 aliphatic carbocycles. The summed E-state index contributed by atoms with van der Waals surface area (Å²) in [6.45, 7) is 9.59. The molecule has 0 atom stereocenters. The molecular formula is C10H21N3OS. The molecule has 5 heteroatoms. The second kappa shape index (κ2) is 6.61. The molecule has 0 bridgehead atoms. The molecule has 0 aromatic heterocycles. The van der Waals surface area contributed by atoms with Gasteiger partial charge in [0.05, 0.1) is 11.5 Å². The van der Waals surface area contributed by atoms with Crippen molar-refractivity contribution in [1.82, 2.24) is 9.80 Å². The summed E-state index contributed by atoms with van der Waals surface area (Å²) in [6.07, 6.45) is 0. The van der Waals surface area contributed by atoms with Gasteiger partial charge >= 0.3 is 6.03 Å². The van der Waals surface area contributed by atoms with Gasteiger partial charge in [0, 0.05) is 19.1 Å². The predicted molar refractivity (Wildman–Crippen MR) is 66.9 cm³/mol. The average Bonchev–Trinajstić information content (AvgIpc) is 2.15. The van der Waals surface area contributed by atoms with E-state index in [1.54, 1.807) is 9.80 Å². The van der Waals surface area contributed by atoms with Crippen molar-refractivity contribution in [1.29, 1.82) is 0 Å². The van der Waals surface area contributed by atoms with Gasteiger partial charge in [-0.15, -0.1) is 0 Å². The molecule has 0 spiro atoms. The summed E-state index contributed by atoms with van der Waals surface area (Å²) in [5.41, 5.74) is 5.47. The predicted octanol–water partition coefficient (Wildman–Crippen LogP) is 1.44. The summed E-state index contributed by atoms with van der Waals surface area (Å²) in [5.74, 6) is 0. The maximum absolute atomic E-state index is 12.0. The van der Waals surface area contributed by atoms with E-state index < -0.39 is 0 Å². The number of hydrogen-bond acceptors (Lipinski definition) is 2. The third-order valence-electron chi connectivity index (χ3n) is 2.23. The number of nitrogens with two attached hydrogens (primary N) is 1. The van der Waals surface area contributed by atoms with Gasteiger partial charge in [0.1, 0.15) is 0 Å². The lowest BCUT2D eigenvalue weighted by molar-refractivity contribution is 0.152. The number of carbonyl (C=O) groups is 1. The van der Waals surface area contributed by atoms with E-state index in [2.05, 4.69) is 0 Å². The quantitative estimate of drug-likeness (QED) is 0.729. The minimum absolute atomic E-state index is 0.00259. The van der Waals surface area contributed by atoms with Gasteiger partial charge in [0.2, 0.25) is 0 Å². The Balaban J connectivity index is 4.60. The maximum Gasteiger partial charge on any atom is 0.320 e. The second-order valence-corrected chi connectivity index (χ2v) is 4.17. The summed E-state index contributed by atoms with van der Waals surface area (Å²) >= 11 is 4.83. The summed E-state index contributed by atoms with van der Waals surface area (Å²) in [7, 11) is 0. The molecule has 0 fully saturated rings. The topological polar surface area (TPSA) is 49.6 Å². The zero-order chi connectivity index (χ0) is 12.0. The molecular weight excluding hydrogens is 210 g/mol. The Kier molecular flexibility index (Phi) is 6.24. The first kappa shape index (κ1) is 14.2. The SMILES string of the molecule is CCN(CC)C(=O)N(CC(N)=S)C(C)C. The van der Waals surface area contributed by atoms with Crippen LogP contribution in [0.2, 0.25) is 0 Å². The van der Waals surface area contributed by atoms with Gasteiger partial charge in [-0.05, 0) is 27.7 Å². The van der Waals surface area contributed by atoms with Crippen molar-refractivity contribution >= 4 is 23.2 Å². The number of hydrogen-bond donors (Lipinski definition) is 1. The molecule has 4 nitrogen and oxygen atoms in total. The van der Waals surface area contributed by atoms with Crippen LogP contribution < -0.4 is 5.73 Å². The van der Waals surface area contributed by atoms with Crippen molar-refractivity contribution in [3.8, 4) is 0 Å². The van der Waals surface area contributed by atoms with Crippen molar-refractivity contribution in [3.63, 3.8) is 0 Å². The van der Waals surface area contributed by atoms with Crippen LogP contribution in [0.3, 0.4) is 0 Å². The van der Waals surface area contributed by atoms with Crippen molar-refractivity contribution in [2.75, 3.05) is 19.6 Å². The molecule has 0 heterocycles. The van der Waals surface area contributed by atoms with E-state index in [0.717, 1.165) is 0 Å². The first-order valence-electron chi connectivity index (χ1n) is 5.27. The molecule has 0 aromatic rings. The van der Waals surface area contributed by atoms with Gasteiger partial charge in [0.25, 0.3) is 0 Å². The molecule has 88 valence electrons. The van der Waals surface area contributed by atoms with Crippen LogP contribution in [-0.2, 0) is 0 Å². The van der Waals surface area contributed by atoms with E-state index in [1.807, 2.05) is 27.7 Å². The Morgan fingerprint density at radius 1 is 1.33 bits per heavy atom. The highest BCUT2D eigenvalue weighted by atomic mass is 32.1. The lowest BCUT2D eigenvalue weighted by Gasteiger charge is -2.31. The molecule has 0 saturated carbocycles. The summed E-state index contributed by atoms with van der Waals surface area (Å²) in [4.78, 5) is 15.8. The van der Waals surface area contributed by atoms with Gasteiger partial charge < -0.3 is 15.5 Å². The smallest absolute Gasteiger partial charge is 0.320 e. The lowest BCUT2D eigenvalue weighted by Crippen LogP contribution is -2.49. The lowest BCUT2D eigenvalue weighted by atomic mass is 10.3. The van der Waals surface area contributed by atoms with E-state index >= 15 is 0 Å². The monoisotopic (exact) mass is 231 g/mol. The minimum atomic E-state index is 0.00259. The number of amides is 2. The molecule has 0 aliphatic heterocycles. The fourth-order valence-corrected chi connectivity index (χ4v) is 1.45. The Bertz CT molecular complexity index is 227. The van der Waals surface area contributed by atoms with Gasteiger partial charge in [-0.1, -0.05) is 12.2 Å². The Morgan fingerprint density at radius 3 is 2.07 bits per heavy atom. The molecule has 0 rings (SSSR count). The molecule has 0 aromatic carbocycles. The van der Waals surface area contributed by atoms with Crippen LogP contribution in [0.25, 0.3) is 0 Å². The Hall–Kier alpha value is -0.840. The van der Waals surface area contributed by atoms with Crippen LogP contribution in [0.5, 0.6) is 0 Å². The summed E-state index contributed by atoms with van der Waals surface area (Å²) in [6, 6.07) is 0.113. The van der Waals surface area contributed by atoms with E-state index in [1.165, 1.54) is 0 Å². The largest absolute Gasteiger partial charge is 0.392 e. The zero-order valence-electron chi connectivity index (χ0n) is 9.99. The highest BCUT2D eigenvalue weighted by Crippen LogP contribution is 2.04. The Labute approximate surface area is 97.4 Å². The summed E-state index contributed by atoms with van der Waals surface area (Å²) in [5, 5.41) is 0. The van der Waals surface area contributed by atoms with Crippen molar-refractivity contribution in [3.05, 3.63) is 0 Å². The number of carbonyl (C=O) groups excluding carboxylic acids is 1. The second-order valence-electron chi connectivity index (χ2n) is 3.64. The third kappa shape index (κ3) is 4.46. The van der Waals surface area contributed by atoms with Crippen LogP contribution in [-0.4, -0.2) is 46.5 Å². The molecule has 0 aliphatic rings. The van der Waals surface area contributed by atoms with Crippen molar-refractivity contribution in [2.24, 2.45) is 5.73 Å². The Morgan fingerprint density at radius 2 is 1.80 bits per heavy atom. The third-order valence-corrected chi connectivity index (χ3v) is 2.36. The number of urea groups is 1. The van der Waals surface area contributed by atoms with Crippen LogP contribution in [0.1, 0.15) is 27.7 Å². The van der Waals surface area contributed by atoms with E-state index in [9.17, 15) is 4.79 Å². The number of nitrogens with zero attached hydrogens (tertiary/aromatic N) is 2. The first-order valence-corrected chi connectivity index (χ1v) is 5.68. The first-order chi connectivity index (χ1) is 6.93. The van der Waals surface area contributed by atoms with Gasteiger partial charge in [0.15, 0.2) is 0 Å². The van der Waals surface area contributed by atoms with Crippen LogP contribution in [0.15, 0.2) is 0 Å². The number of rotatable bonds is 5. The molecule has 0 saturated heterocycles. The van der Waals surface area contributed by atoms with E-state index in [4.69, 9.17) is 18.0 Å². The van der Waals surface area contributed by atoms with Gasteiger partial charge in [-0.2, -0.15) is 0 Å². The van der Waals surface area contributed by atoms with E-state index in [-0.39, 0.29) is 12.1 Å². The maximum atomic E-state index is 12.0. The molecule has 15 heavy (non-hydrogen) atoms. The highest BCUT2D eigenvalue weighted by molar-refractivity contribution is 7.80. The number of thiocarbonyl (C=S) groups is 1. The average molecular weight is 231 g/mol.